The van der Waals surface area contributed by atoms with Crippen LogP contribution in [0, 0.1) is 10.1 Å². The van der Waals surface area contributed by atoms with Crippen LogP contribution in [0.1, 0.15) is 0 Å². The van der Waals surface area contributed by atoms with Gasteiger partial charge in [-0.25, -0.2) is 9.59 Å². The molecule has 0 saturated heterocycles. The Morgan fingerprint density at radius 2 is 2.07 bits per heavy atom. The molecule has 0 aliphatic carbocycles. The van der Waals surface area contributed by atoms with Crippen LogP contribution in [0.25, 0.3) is 0 Å². The zero-order valence-electron chi connectivity index (χ0n) is 14.9. The molecule has 0 bridgehead atoms. The van der Waals surface area contributed by atoms with Crippen molar-refractivity contribution in [2.24, 2.45) is 0 Å². The van der Waals surface area contributed by atoms with E-state index in [4.69, 9.17) is 9.47 Å². The lowest BCUT2D eigenvalue weighted by Crippen LogP contribution is -2.38. The molecule has 2 rings (SSSR count). The molecule has 10 heteroatoms. The van der Waals surface area contributed by atoms with Gasteiger partial charge in [-0.2, -0.15) is 0 Å². The highest BCUT2D eigenvalue weighted by molar-refractivity contribution is 6.03. The van der Waals surface area contributed by atoms with E-state index in [-0.39, 0.29) is 36.0 Å². The molecule has 0 radical (unpaired) electrons. The number of carbonyl (C=O) groups is 2. The van der Waals surface area contributed by atoms with E-state index in [1.54, 1.807) is 12.1 Å². The van der Waals surface area contributed by atoms with Crippen molar-refractivity contribution >= 4 is 29.0 Å². The van der Waals surface area contributed by atoms with Gasteiger partial charge in [0.05, 0.1) is 37.0 Å². The van der Waals surface area contributed by atoms with Gasteiger partial charge in [0.25, 0.3) is 5.69 Å². The van der Waals surface area contributed by atoms with Crippen LogP contribution < -0.4 is 10.2 Å². The number of nitrogens with one attached hydrogen (secondary N) is 1. The van der Waals surface area contributed by atoms with Gasteiger partial charge < -0.3 is 24.4 Å². The molecule has 1 aromatic rings. The summed E-state index contributed by atoms with van der Waals surface area (Å²) in [5.41, 5.74) is 0.248. The van der Waals surface area contributed by atoms with Crippen LogP contribution in [-0.4, -0.2) is 51.0 Å². The first-order valence-corrected chi connectivity index (χ1v) is 7.82. The van der Waals surface area contributed by atoms with E-state index in [2.05, 4.69) is 16.6 Å². The Bertz CT molecular complexity index is 804. The second-order valence-corrected chi connectivity index (χ2v) is 5.34. The van der Waals surface area contributed by atoms with Gasteiger partial charge in [-0.05, 0) is 12.1 Å². The summed E-state index contributed by atoms with van der Waals surface area (Å²) in [6.07, 6.45) is 1.57. The highest BCUT2D eigenvalue weighted by atomic mass is 16.6. The summed E-state index contributed by atoms with van der Waals surface area (Å²) in [4.78, 5) is 36.5. The number of benzene rings is 1. The minimum Gasteiger partial charge on any atom is -0.466 e. The van der Waals surface area contributed by atoms with E-state index in [0.717, 1.165) is 0 Å². The van der Waals surface area contributed by atoms with Crippen molar-refractivity contribution in [3.8, 4) is 0 Å². The summed E-state index contributed by atoms with van der Waals surface area (Å²) >= 11 is 0. The van der Waals surface area contributed by atoms with E-state index >= 15 is 0 Å². The first kappa shape index (κ1) is 19.9. The second kappa shape index (κ2) is 8.81. The first-order valence-electron chi connectivity index (χ1n) is 7.82. The Morgan fingerprint density at radius 1 is 1.37 bits per heavy atom. The van der Waals surface area contributed by atoms with Crippen molar-refractivity contribution in [3.63, 3.8) is 0 Å². The van der Waals surface area contributed by atoms with Gasteiger partial charge >= 0.3 is 11.9 Å². The predicted molar refractivity (Wildman–Crippen MR) is 96.1 cm³/mol. The maximum Gasteiger partial charge on any atom is 0.355 e. The third kappa shape index (κ3) is 4.23. The summed E-state index contributed by atoms with van der Waals surface area (Å²) < 4.78 is 14.8. The first-order chi connectivity index (χ1) is 12.9. The highest BCUT2D eigenvalue weighted by Crippen LogP contribution is 2.33. The average Bonchev–Trinajstić information content (AvgIpc) is 2.70. The number of nitro groups is 1. The fourth-order valence-electron chi connectivity index (χ4n) is 2.52. The van der Waals surface area contributed by atoms with E-state index in [1.807, 2.05) is 0 Å². The van der Waals surface area contributed by atoms with E-state index in [9.17, 15) is 19.7 Å². The summed E-state index contributed by atoms with van der Waals surface area (Å²) in [5, 5.41) is 14.3. The number of ether oxygens (including phenoxy) is 3. The molecule has 0 spiro atoms. The SMILES string of the molecule is C=CCNc1ccc(N2COCC(C(=O)OC)=C2C(=O)OC)cc1[N+](=O)[O-]. The number of nitrogens with zero attached hydrogens (tertiary/aromatic N) is 2. The standard InChI is InChI=1S/C17H19N3O7/c1-4-7-18-13-6-5-11(8-14(13)20(23)24)19-10-27-9-12(16(21)25-2)15(19)17(22)26-3/h4-6,8,18H,1,7,9-10H2,2-3H3. The number of methoxy groups -OCH3 is 2. The summed E-state index contributed by atoms with van der Waals surface area (Å²) in [7, 11) is 2.34. The quantitative estimate of drug-likeness (QED) is 0.327. The number of esters is 2. The molecule has 1 aliphatic rings. The number of nitro benzene ring substituents is 1. The van der Waals surface area contributed by atoms with Gasteiger partial charge in [-0.15, -0.1) is 6.58 Å². The summed E-state index contributed by atoms with van der Waals surface area (Å²) in [6.45, 7) is 3.65. The van der Waals surface area contributed by atoms with Crippen LogP contribution in [0.15, 0.2) is 42.1 Å². The zero-order chi connectivity index (χ0) is 20.0. The van der Waals surface area contributed by atoms with Gasteiger partial charge in [-0.1, -0.05) is 6.08 Å². The monoisotopic (exact) mass is 377 g/mol. The molecular formula is C17H19N3O7. The minimum absolute atomic E-state index is 0.0351. The molecule has 0 amide bonds. The zero-order valence-corrected chi connectivity index (χ0v) is 14.9. The number of rotatable bonds is 7. The third-order valence-electron chi connectivity index (χ3n) is 3.76. The van der Waals surface area contributed by atoms with Crippen LogP contribution >= 0.6 is 0 Å². The van der Waals surface area contributed by atoms with Gasteiger partial charge in [0.15, 0.2) is 0 Å². The lowest BCUT2D eigenvalue weighted by Gasteiger charge is -2.31. The molecule has 1 aromatic carbocycles. The molecule has 1 heterocycles. The Morgan fingerprint density at radius 3 is 2.67 bits per heavy atom. The van der Waals surface area contributed by atoms with Crippen LogP contribution in [0.2, 0.25) is 0 Å². The summed E-state index contributed by atoms with van der Waals surface area (Å²) in [6, 6.07) is 4.33. The van der Waals surface area contributed by atoms with E-state index in [1.165, 1.54) is 31.3 Å². The molecule has 27 heavy (non-hydrogen) atoms. The predicted octanol–water partition coefficient (Wildman–Crippen LogP) is 1.59. The normalized spacial score (nSPS) is 13.8. The van der Waals surface area contributed by atoms with Crippen LogP contribution in [0.5, 0.6) is 0 Å². The Balaban J connectivity index is 2.55. The number of hydrogen-bond donors (Lipinski definition) is 1. The molecule has 0 saturated carbocycles. The smallest absolute Gasteiger partial charge is 0.355 e. The van der Waals surface area contributed by atoms with Crippen molar-refractivity contribution in [2.75, 3.05) is 44.3 Å². The lowest BCUT2D eigenvalue weighted by molar-refractivity contribution is -0.383. The second-order valence-electron chi connectivity index (χ2n) is 5.34. The molecule has 1 aliphatic heterocycles. The van der Waals surface area contributed by atoms with Crippen molar-refractivity contribution in [1.82, 2.24) is 0 Å². The third-order valence-corrected chi connectivity index (χ3v) is 3.76. The molecule has 10 nitrogen and oxygen atoms in total. The van der Waals surface area contributed by atoms with Crippen molar-refractivity contribution < 1.29 is 28.7 Å². The maximum atomic E-state index is 12.3. The van der Waals surface area contributed by atoms with E-state index in [0.29, 0.717) is 12.2 Å². The Labute approximate surface area is 155 Å². The maximum absolute atomic E-state index is 12.3. The Hall–Kier alpha value is -3.40. The Kier molecular flexibility index (Phi) is 6.50. The van der Waals surface area contributed by atoms with Crippen molar-refractivity contribution in [1.29, 1.82) is 0 Å². The molecule has 0 aromatic heterocycles. The molecule has 144 valence electrons. The van der Waals surface area contributed by atoms with Crippen molar-refractivity contribution in [3.05, 3.63) is 52.2 Å². The van der Waals surface area contributed by atoms with Gasteiger partial charge in [0, 0.05) is 12.6 Å². The number of carbonyl (C=O) groups excluding carboxylic acids is 2. The highest BCUT2D eigenvalue weighted by Gasteiger charge is 2.33. The van der Waals surface area contributed by atoms with Crippen molar-refractivity contribution in [2.45, 2.75) is 0 Å². The lowest BCUT2D eigenvalue weighted by atomic mass is 10.1. The largest absolute Gasteiger partial charge is 0.466 e. The number of hydrogen-bond acceptors (Lipinski definition) is 9. The molecular weight excluding hydrogens is 358 g/mol. The fraction of sp³-hybridized carbons (Fsp3) is 0.294. The number of anilines is 2. The van der Waals surface area contributed by atoms with Gasteiger partial charge in [-0.3, -0.25) is 10.1 Å². The van der Waals surface area contributed by atoms with Crippen LogP contribution in [0.4, 0.5) is 17.1 Å². The minimum atomic E-state index is -0.782. The van der Waals surface area contributed by atoms with Crippen LogP contribution in [-0.2, 0) is 23.8 Å². The topological polar surface area (TPSA) is 120 Å². The van der Waals surface area contributed by atoms with Gasteiger partial charge in [0.2, 0.25) is 0 Å². The van der Waals surface area contributed by atoms with Gasteiger partial charge in [0.1, 0.15) is 18.1 Å². The molecule has 0 atom stereocenters. The van der Waals surface area contributed by atoms with E-state index < -0.39 is 16.9 Å². The average molecular weight is 377 g/mol. The molecule has 1 N–H and O–H groups in total. The van der Waals surface area contributed by atoms with Crippen LogP contribution in [0.3, 0.4) is 0 Å². The molecule has 0 fully saturated rings. The fourth-order valence-corrected chi connectivity index (χ4v) is 2.52. The summed E-state index contributed by atoms with van der Waals surface area (Å²) in [5.74, 6) is -1.53. The molecule has 0 unspecified atom stereocenters.